The molecule has 2 heterocycles. The second kappa shape index (κ2) is 10.6. The first-order chi connectivity index (χ1) is 20.7. The van der Waals surface area contributed by atoms with Crippen LogP contribution >= 0.6 is 23.2 Å². The second-order valence-corrected chi connectivity index (χ2v) is 12.5. The van der Waals surface area contributed by atoms with Crippen molar-refractivity contribution in [2.75, 3.05) is 4.90 Å². The van der Waals surface area contributed by atoms with Gasteiger partial charge in [-0.25, -0.2) is 9.78 Å². The summed E-state index contributed by atoms with van der Waals surface area (Å²) in [7, 11) is 0. The Balaban J connectivity index is 1.18. The Bertz CT molecular complexity index is 1810. The molecular weight excluding hydrogens is 587 g/mol. The minimum absolute atomic E-state index is 0.0952. The molecule has 43 heavy (non-hydrogen) atoms. The highest BCUT2D eigenvalue weighted by Crippen LogP contribution is 2.56. The van der Waals surface area contributed by atoms with E-state index in [1.807, 2.05) is 0 Å². The molecule has 2 aliphatic carbocycles. The van der Waals surface area contributed by atoms with Gasteiger partial charge in [0.25, 0.3) is 0 Å². The summed E-state index contributed by atoms with van der Waals surface area (Å²) in [5, 5.41) is 1.31. The van der Waals surface area contributed by atoms with Crippen LogP contribution in [0.4, 0.5) is 5.69 Å². The van der Waals surface area contributed by atoms with E-state index >= 15 is 0 Å². The van der Waals surface area contributed by atoms with Crippen molar-refractivity contribution in [2.45, 2.75) is 32.3 Å². The Morgan fingerprint density at radius 2 is 1.56 bits per heavy atom. The van der Waals surface area contributed by atoms with E-state index in [1.165, 1.54) is 17.9 Å². The fourth-order valence-corrected chi connectivity index (χ4v) is 7.48. The molecule has 7 rings (SSSR count). The Labute approximate surface area is 257 Å². The summed E-state index contributed by atoms with van der Waals surface area (Å²) < 4.78 is 5.62. The van der Waals surface area contributed by atoms with Crippen LogP contribution < -0.4 is 4.90 Å². The van der Waals surface area contributed by atoms with Gasteiger partial charge in [0.15, 0.2) is 6.10 Å². The van der Waals surface area contributed by atoms with Crippen molar-refractivity contribution in [2.24, 2.45) is 23.7 Å². The van der Waals surface area contributed by atoms with Gasteiger partial charge in [-0.05, 0) is 86.6 Å². The van der Waals surface area contributed by atoms with Gasteiger partial charge in [-0.15, -0.1) is 0 Å². The third-order valence-corrected chi connectivity index (χ3v) is 9.57. The number of anilines is 1. The lowest BCUT2D eigenvalue weighted by atomic mass is 9.81. The van der Waals surface area contributed by atoms with E-state index < -0.39 is 12.1 Å². The maximum atomic E-state index is 13.5. The third-order valence-electron chi connectivity index (χ3n) is 9.10. The zero-order valence-corrected chi connectivity index (χ0v) is 24.6. The smallest absolute Gasteiger partial charge is 0.339 e. The van der Waals surface area contributed by atoms with Crippen LogP contribution in [0.25, 0.3) is 22.2 Å². The van der Waals surface area contributed by atoms with Gasteiger partial charge >= 0.3 is 5.97 Å². The summed E-state index contributed by atoms with van der Waals surface area (Å²) in [5.74, 6) is -1.04. The molecule has 0 N–H and O–H groups in total. The van der Waals surface area contributed by atoms with Crippen LogP contribution in [0.2, 0.25) is 10.0 Å². The fraction of sp³-hybridized carbons (Fsp3) is 0.265. The number of ketones is 1. The standard InChI is InChI=1S/C34H26Cl2N2O5/c1-17(31(39)21-3-2-4-22(35)14-21)43-34(42)26-16-28(37-27-12-9-23(36)15-25(26)27)18-7-10-24(11-8-18)38-32(40)29-19-5-6-20(13-19)30(29)33(38)41/h2-4,7-12,14-17,19-20,29-30H,5-6,13H2,1H3. The van der Waals surface area contributed by atoms with Crippen LogP contribution in [0.5, 0.6) is 0 Å². The van der Waals surface area contributed by atoms with Gasteiger partial charge in [0.2, 0.25) is 17.6 Å². The summed E-state index contributed by atoms with van der Waals surface area (Å²) in [6.45, 7) is 1.51. The lowest BCUT2D eigenvalue weighted by molar-refractivity contribution is -0.123. The van der Waals surface area contributed by atoms with E-state index in [2.05, 4.69) is 0 Å². The van der Waals surface area contributed by atoms with E-state index in [-0.39, 0.29) is 35.0 Å². The molecule has 0 radical (unpaired) electrons. The van der Waals surface area contributed by atoms with Crippen molar-refractivity contribution in [1.82, 2.24) is 4.98 Å². The van der Waals surface area contributed by atoms with Gasteiger partial charge in [0.05, 0.1) is 34.3 Å². The molecule has 3 aliphatic rings. The molecule has 5 atom stereocenters. The number of Topliss-reactive ketones (excluding diaryl/α,β-unsaturated/α-hetero) is 1. The van der Waals surface area contributed by atoms with Crippen LogP contribution in [0.15, 0.2) is 72.8 Å². The minimum Gasteiger partial charge on any atom is -0.451 e. The topological polar surface area (TPSA) is 93.6 Å². The second-order valence-electron chi connectivity index (χ2n) is 11.6. The highest BCUT2D eigenvalue weighted by atomic mass is 35.5. The molecule has 1 aromatic heterocycles. The van der Waals surface area contributed by atoms with Gasteiger partial charge in [0.1, 0.15) is 0 Å². The van der Waals surface area contributed by atoms with Crippen LogP contribution in [-0.2, 0) is 14.3 Å². The van der Waals surface area contributed by atoms with E-state index in [9.17, 15) is 19.2 Å². The zero-order valence-electron chi connectivity index (χ0n) is 23.1. The number of hydrogen-bond donors (Lipinski definition) is 0. The molecule has 7 nitrogen and oxygen atoms in total. The predicted octanol–water partition coefficient (Wildman–Crippen LogP) is 7.17. The number of imide groups is 1. The summed E-state index contributed by atoms with van der Waals surface area (Å²) in [5.41, 5.74) is 2.74. The number of pyridine rings is 1. The van der Waals surface area contributed by atoms with Crippen molar-refractivity contribution in [3.05, 3.63) is 94.0 Å². The van der Waals surface area contributed by atoms with E-state index in [1.54, 1.807) is 66.7 Å². The number of halogens is 2. The maximum absolute atomic E-state index is 13.5. The lowest BCUT2D eigenvalue weighted by Crippen LogP contribution is -2.32. The number of hydrogen-bond acceptors (Lipinski definition) is 6. The van der Waals surface area contributed by atoms with Crippen molar-refractivity contribution >= 4 is 63.4 Å². The Kier molecular flexibility index (Phi) is 6.83. The molecule has 2 amide bonds. The maximum Gasteiger partial charge on any atom is 0.339 e. The van der Waals surface area contributed by atoms with Gasteiger partial charge in [0, 0.05) is 26.6 Å². The lowest BCUT2D eigenvalue weighted by Gasteiger charge is -2.19. The molecule has 2 saturated carbocycles. The number of rotatable bonds is 6. The Morgan fingerprint density at radius 1 is 0.884 bits per heavy atom. The third kappa shape index (κ3) is 4.71. The Morgan fingerprint density at radius 3 is 2.23 bits per heavy atom. The van der Waals surface area contributed by atoms with Crippen LogP contribution in [0.3, 0.4) is 0 Å². The monoisotopic (exact) mass is 612 g/mol. The quantitative estimate of drug-likeness (QED) is 0.130. The normalized spacial score (nSPS) is 23.1. The van der Waals surface area contributed by atoms with Crippen molar-refractivity contribution < 1.29 is 23.9 Å². The molecule has 2 bridgehead atoms. The number of nitrogens with zero attached hydrogens (tertiary/aromatic N) is 2. The highest BCUT2D eigenvalue weighted by Gasteiger charge is 2.61. The molecule has 1 saturated heterocycles. The number of benzene rings is 3. The fourth-order valence-electron chi connectivity index (χ4n) is 7.11. The van der Waals surface area contributed by atoms with Crippen LogP contribution in [0.1, 0.15) is 46.9 Å². The van der Waals surface area contributed by atoms with Gasteiger partial charge < -0.3 is 4.74 Å². The molecule has 4 aromatic rings. The van der Waals surface area contributed by atoms with E-state index in [4.69, 9.17) is 32.9 Å². The van der Waals surface area contributed by atoms with Gasteiger partial charge in [-0.1, -0.05) is 47.5 Å². The molecule has 0 spiro atoms. The first-order valence-electron chi connectivity index (χ1n) is 14.3. The number of fused-ring (bicyclic) bond motifs is 6. The number of carbonyl (C=O) groups excluding carboxylic acids is 4. The summed E-state index contributed by atoms with van der Waals surface area (Å²) >= 11 is 12.3. The SMILES string of the molecule is CC(OC(=O)c1cc(-c2ccc(N3C(=O)C4C5CCC(C5)C4C3=O)cc2)nc2ccc(Cl)cc12)C(=O)c1cccc(Cl)c1. The van der Waals surface area contributed by atoms with E-state index in [0.717, 1.165) is 19.3 Å². The van der Waals surface area contributed by atoms with Crippen molar-refractivity contribution in [3.8, 4) is 11.3 Å². The van der Waals surface area contributed by atoms with Crippen molar-refractivity contribution in [3.63, 3.8) is 0 Å². The number of aromatic nitrogens is 1. The van der Waals surface area contributed by atoms with Gasteiger partial charge in [-0.2, -0.15) is 0 Å². The zero-order chi connectivity index (χ0) is 30.0. The molecule has 1 aliphatic heterocycles. The average molecular weight is 613 g/mol. The predicted molar refractivity (Wildman–Crippen MR) is 163 cm³/mol. The average Bonchev–Trinajstić information content (AvgIpc) is 3.69. The molecule has 3 fully saturated rings. The van der Waals surface area contributed by atoms with E-state index in [0.29, 0.717) is 55.3 Å². The largest absolute Gasteiger partial charge is 0.451 e. The first kappa shape index (κ1) is 27.7. The number of esters is 1. The molecule has 216 valence electrons. The van der Waals surface area contributed by atoms with Crippen LogP contribution in [0, 0.1) is 23.7 Å². The molecular formula is C34H26Cl2N2O5. The summed E-state index contributed by atoms with van der Waals surface area (Å²) in [4.78, 5) is 59.0. The Hall–Kier alpha value is -4.07. The molecule has 3 aromatic carbocycles. The molecule has 9 heteroatoms. The summed E-state index contributed by atoms with van der Waals surface area (Å²) in [6, 6.07) is 20.1. The van der Waals surface area contributed by atoms with Crippen molar-refractivity contribution in [1.29, 1.82) is 0 Å². The minimum atomic E-state index is -1.07. The summed E-state index contributed by atoms with van der Waals surface area (Å²) in [6.07, 6.45) is 1.96. The van der Waals surface area contributed by atoms with Crippen LogP contribution in [-0.4, -0.2) is 34.7 Å². The van der Waals surface area contributed by atoms with Gasteiger partial charge in [-0.3, -0.25) is 19.3 Å². The number of ether oxygens (including phenoxy) is 1. The number of amides is 2. The number of carbonyl (C=O) groups is 4. The highest BCUT2D eigenvalue weighted by molar-refractivity contribution is 6.31. The molecule has 5 unspecified atom stereocenters. The first-order valence-corrected chi connectivity index (χ1v) is 15.0.